The number of aromatic nitrogens is 2. The molecule has 1 unspecified atom stereocenters. The minimum absolute atomic E-state index is 0.301. The Bertz CT molecular complexity index is 1060. The van der Waals surface area contributed by atoms with E-state index in [0.29, 0.717) is 29.7 Å². The van der Waals surface area contributed by atoms with Crippen molar-refractivity contribution in [3.63, 3.8) is 0 Å². The number of carbonyl (C=O) groups is 1. The van der Waals surface area contributed by atoms with Crippen LogP contribution in [0.5, 0.6) is 0 Å². The lowest BCUT2D eigenvalue weighted by molar-refractivity contribution is -0.141. The van der Waals surface area contributed by atoms with Crippen LogP contribution in [0.25, 0.3) is 0 Å². The van der Waals surface area contributed by atoms with Crippen molar-refractivity contribution in [3.8, 4) is 0 Å². The molecule has 31 heavy (non-hydrogen) atoms. The average Bonchev–Trinajstić information content (AvgIpc) is 3.44. The second kappa shape index (κ2) is 8.19. The fourth-order valence-corrected chi connectivity index (χ4v) is 3.62. The number of alkyl halides is 3. The van der Waals surface area contributed by atoms with Crippen molar-refractivity contribution in [2.45, 2.75) is 37.5 Å². The number of nitrogens with one attached hydrogen (secondary N) is 2. The van der Waals surface area contributed by atoms with E-state index in [1.807, 2.05) is 30.3 Å². The summed E-state index contributed by atoms with van der Waals surface area (Å²) in [6, 6.07) is 16.7. The van der Waals surface area contributed by atoms with Gasteiger partial charge in [0.25, 0.3) is 5.91 Å². The van der Waals surface area contributed by atoms with E-state index in [0.717, 1.165) is 12.0 Å². The number of aromatic amines is 1. The number of hydrogen-bond donors (Lipinski definition) is 3. The molecule has 0 spiro atoms. The van der Waals surface area contributed by atoms with Gasteiger partial charge in [0.05, 0.1) is 0 Å². The third-order valence-corrected chi connectivity index (χ3v) is 5.57. The van der Waals surface area contributed by atoms with Gasteiger partial charge in [0.2, 0.25) is 0 Å². The van der Waals surface area contributed by atoms with Gasteiger partial charge in [-0.05, 0) is 42.0 Å². The molecule has 1 aromatic heterocycles. The van der Waals surface area contributed by atoms with Gasteiger partial charge < -0.3 is 10.4 Å². The van der Waals surface area contributed by atoms with Gasteiger partial charge in [0.1, 0.15) is 11.3 Å². The first-order chi connectivity index (χ1) is 14.8. The first-order valence-corrected chi connectivity index (χ1v) is 10.1. The molecular formula is C23H22F3N3O2. The number of aliphatic hydroxyl groups is 1. The summed E-state index contributed by atoms with van der Waals surface area (Å²) in [5, 5.41) is 19.5. The van der Waals surface area contributed by atoms with Crippen LogP contribution in [0.1, 0.15) is 53.0 Å². The van der Waals surface area contributed by atoms with Gasteiger partial charge in [-0.1, -0.05) is 55.3 Å². The first kappa shape index (κ1) is 21.1. The van der Waals surface area contributed by atoms with Crippen molar-refractivity contribution in [1.29, 1.82) is 0 Å². The van der Waals surface area contributed by atoms with Crippen LogP contribution >= 0.6 is 0 Å². The SMILES string of the molecule is O=C(Nc1cccc(C(O)(CCC2CC2)c2ccccc2)c1)c1cc(C(F)(F)F)n[nH]1. The molecule has 162 valence electrons. The molecule has 3 aromatic rings. The molecule has 1 aliphatic carbocycles. The van der Waals surface area contributed by atoms with Gasteiger partial charge in [0.15, 0.2) is 5.69 Å². The van der Waals surface area contributed by atoms with Crippen molar-refractivity contribution >= 4 is 11.6 Å². The van der Waals surface area contributed by atoms with Gasteiger partial charge in [-0.3, -0.25) is 9.89 Å². The highest BCUT2D eigenvalue weighted by Crippen LogP contribution is 2.41. The lowest BCUT2D eigenvalue weighted by Gasteiger charge is -2.30. The fraction of sp³-hybridized carbons (Fsp3) is 0.304. The fourth-order valence-electron chi connectivity index (χ4n) is 3.62. The van der Waals surface area contributed by atoms with Crippen molar-refractivity contribution < 1.29 is 23.1 Å². The van der Waals surface area contributed by atoms with E-state index in [9.17, 15) is 23.1 Å². The molecule has 1 amide bonds. The Hall–Kier alpha value is -3.13. The highest BCUT2D eigenvalue weighted by atomic mass is 19.4. The van der Waals surface area contributed by atoms with Crippen molar-refractivity contribution in [2.24, 2.45) is 5.92 Å². The molecule has 1 saturated carbocycles. The molecule has 3 N–H and O–H groups in total. The Morgan fingerprint density at radius 1 is 1.06 bits per heavy atom. The summed E-state index contributed by atoms with van der Waals surface area (Å²) in [5.74, 6) is -0.122. The molecule has 0 bridgehead atoms. The number of anilines is 1. The minimum atomic E-state index is -4.64. The summed E-state index contributed by atoms with van der Waals surface area (Å²) in [7, 11) is 0. The monoisotopic (exact) mass is 429 g/mol. The maximum atomic E-state index is 12.7. The minimum Gasteiger partial charge on any atom is -0.380 e. The van der Waals surface area contributed by atoms with Crippen LogP contribution < -0.4 is 5.32 Å². The maximum absolute atomic E-state index is 12.7. The van der Waals surface area contributed by atoms with E-state index >= 15 is 0 Å². The molecule has 0 saturated heterocycles. The Morgan fingerprint density at radius 3 is 2.42 bits per heavy atom. The van der Waals surface area contributed by atoms with Gasteiger partial charge in [-0.2, -0.15) is 18.3 Å². The van der Waals surface area contributed by atoms with E-state index in [1.165, 1.54) is 12.8 Å². The highest BCUT2D eigenvalue weighted by molar-refractivity contribution is 6.03. The number of amides is 1. The van der Waals surface area contributed by atoms with Crippen molar-refractivity contribution in [1.82, 2.24) is 10.2 Å². The van der Waals surface area contributed by atoms with Crippen LogP contribution in [0.15, 0.2) is 60.7 Å². The average molecular weight is 429 g/mol. The molecule has 1 fully saturated rings. The summed E-state index contributed by atoms with van der Waals surface area (Å²) in [5.41, 5.74) is -0.969. The first-order valence-electron chi connectivity index (χ1n) is 10.1. The van der Waals surface area contributed by atoms with Gasteiger partial charge >= 0.3 is 6.18 Å². The molecule has 4 rings (SSSR count). The summed E-state index contributed by atoms with van der Waals surface area (Å²) in [6.45, 7) is 0. The van der Waals surface area contributed by atoms with Crippen molar-refractivity contribution in [2.75, 3.05) is 5.32 Å². The molecule has 1 atom stereocenters. The molecule has 1 heterocycles. The maximum Gasteiger partial charge on any atom is 0.435 e. The number of rotatable bonds is 7. The number of nitrogens with zero attached hydrogens (tertiary/aromatic N) is 1. The Kier molecular flexibility index (Phi) is 5.58. The van der Waals surface area contributed by atoms with Gasteiger partial charge in [-0.15, -0.1) is 0 Å². The summed E-state index contributed by atoms with van der Waals surface area (Å²) in [6.07, 6.45) is -0.871. The highest BCUT2D eigenvalue weighted by Gasteiger charge is 2.35. The lowest BCUT2D eigenvalue weighted by Crippen LogP contribution is -2.27. The smallest absolute Gasteiger partial charge is 0.380 e. The summed E-state index contributed by atoms with van der Waals surface area (Å²) in [4.78, 5) is 12.4. The van der Waals surface area contributed by atoms with Crippen LogP contribution in [0.4, 0.5) is 18.9 Å². The van der Waals surface area contributed by atoms with Crippen molar-refractivity contribution in [3.05, 3.63) is 83.2 Å². The van der Waals surface area contributed by atoms with Crippen LogP contribution in [0, 0.1) is 5.92 Å². The molecular weight excluding hydrogens is 407 g/mol. The second-order valence-corrected chi connectivity index (χ2v) is 7.91. The van der Waals surface area contributed by atoms with Crippen LogP contribution in [-0.4, -0.2) is 21.2 Å². The third kappa shape index (κ3) is 4.80. The molecule has 2 aromatic carbocycles. The van der Waals surface area contributed by atoms with Crippen LogP contribution in [0.2, 0.25) is 0 Å². The van der Waals surface area contributed by atoms with Gasteiger partial charge in [-0.25, -0.2) is 0 Å². The topological polar surface area (TPSA) is 78.0 Å². The van der Waals surface area contributed by atoms with E-state index in [4.69, 9.17) is 0 Å². The number of halogens is 3. The molecule has 5 nitrogen and oxygen atoms in total. The zero-order valence-corrected chi connectivity index (χ0v) is 16.6. The Balaban J connectivity index is 1.58. The predicted octanol–water partition coefficient (Wildman–Crippen LogP) is 5.11. The number of carbonyl (C=O) groups excluding carboxylic acids is 1. The second-order valence-electron chi connectivity index (χ2n) is 7.91. The zero-order chi connectivity index (χ0) is 22.1. The number of hydrogen-bond acceptors (Lipinski definition) is 3. The lowest BCUT2D eigenvalue weighted by atomic mass is 9.82. The molecule has 1 aliphatic rings. The Labute approximate surface area is 177 Å². The molecule has 0 radical (unpaired) electrons. The van der Waals surface area contributed by atoms with Gasteiger partial charge in [0, 0.05) is 11.8 Å². The zero-order valence-electron chi connectivity index (χ0n) is 16.6. The summed E-state index contributed by atoms with van der Waals surface area (Å²) >= 11 is 0. The number of benzene rings is 2. The summed E-state index contributed by atoms with van der Waals surface area (Å²) < 4.78 is 38.2. The van der Waals surface area contributed by atoms with E-state index in [2.05, 4.69) is 15.5 Å². The normalized spacial score (nSPS) is 16.0. The molecule has 0 aliphatic heterocycles. The predicted molar refractivity (Wildman–Crippen MR) is 109 cm³/mol. The van der Waals surface area contributed by atoms with E-state index < -0.39 is 23.4 Å². The van der Waals surface area contributed by atoms with E-state index in [-0.39, 0.29) is 5.69 Å². The largest absolute Gasteiger partial charge is 0.435 e. The number of H-pyrrole nitrogens is 1. The Morgan fingerprint density at radius 2 is 1.77 bits per heavy atom. The van der Waals surface area contributed by atoms with Crippen LogP contribution in [0.3, 0.4) is 0 Å². The quantitative estimate of drug-likeness (QED) is 0.489. The van der Waals surface area contributed by atoms with E-state index in [1.54, 1.807) is 24.3 Å². The van der Waals surface area contributed by atoms with Crippen LogP contribution in [-0.2, 0) is 11.8 Å². The molecule has 8 heteroatoms. The third-order valence-electron chi connectivity index (χ3n) is 5.57. The standard InChI is InChI=1S/C23H22F3N3O2/c24-23(25,26)20-14-19(28-29-20)21(30)27-18-8-4-7-17(13-18)22(31,12-11-15-9-10-15)16-5-2-1-3-6-16/h1-8,13-15,31H,9-12H2,(H,27,30)(H,28,29).